The standard InChI is InChI=1S/C23H16Cl2N2O/c1-15-4-7-17(23-27-21-14-19(25)10-11-22(21)28-23)13-20(15)26-12-2-3-16-5-8-18(24)9-6-16/h2-14H,1H3. The first-order valence-electron chi connectivity index (χ1n) is 8.72. The quantitative estimate of drug-likeness (QED) is 0.328. The first-order valence-corrected chi connectivity index (χ1v) is 9.47. The van der Waals surface area contributed by atoms with Crippen LogP contribution < -0.4 is 0 Å². The highest BCUT2D eigenvalue weighted by molar-refractivity contribution is 6.31. The molecule has 3 nitrogen and oxygen atoms in total. The summed E-state index contributed by atoms with van der Waals surface area (Å²) in [5.74, 6) is 0.547. The van der Waals surface area contributed by atoms with Crippen molar-refractivity contribution < 1.29 is 4.42 Å². The molecule has 0 fully saturated rings. The van der Waals surface area contributed by atoms with Gasteiger partial charge < -0.3 is 4.42 Å². The minimum Gasteiger partial charge on any atom is -0.436 e. The van der Waals surface area contributed by atoms with Gasteiger partial charge in [0.15, 0.2) is 5.58 Å². The number of halogens is 2. The zero-order chi connectivity index (χ0) is 19.5. The number of fused-ring (bicyclic) bond motifs is 1. The van der Waals surface area contributed by atoms with Crippen molar-refractivity contribution >= 4 is 52.3 Å². The molecule has 0 unspecified atom stereocenters. The Morgan fingerprint density at radius 1 is 0.929 bits per heavy atom. The van der Waals surface area contributed by atoms with Gasteiger partial charge in [0.1, 0.15) is 5.52 Å². The molecule has 1 heterocycles. The van der Waals surface area contributed by atoms with Gasteiger partial charge in [0.2, 0.25) is 5.89 Å². The summed E-state index contributed by atoms with van der Waals surface area (Å²) < 4.78 is 5.85. The molecule has 4 aromatic rings. The molecule has 0 bridgehead atoms. The minimum atomic E-state index is 0.547. The maximum atomic E-state index is 6.03. The van der Waals surface area contributed by atoms with E-state index in [1.807, 2.05) is 67.6 Å². The van der Waals surface area contributed by atoms with Crippen molar-refractivity contribution in [1.82, 2.24) is 4.98 Å². The molecule has 0 radical (unpaired) electrons. The molecule has 3 aromatic carbocycles. The van der Waals surface area contributed by atoms with E-state index in [-0.39, 0.29) is 0 Å². The number of aryl methyl sites for hydroxylation is 1. The number of oxazole rings is 1. The molecule has 0 aliphatic rings. The van der Waals surface area contributed by atoms with E-state index < -0.39 is 0 Å². The van der Waals surface area contributed by atoms with Gasteiger partial charge in [0.05, 0.1) is 5.69 Å². The normalized spacial score (nSPS) is 11.8. The summed E-state index contributed by atoms with van der Waals surface area (Å²) in [6, 6.07) is 19.0. The SMILES string of the molecule is Cc1ccc(-c2nc3cc(Cl)ccc3o2)cc1N=CC=Cc1ccc(Cl)cc1. The summed E-state index contributed by atoms with van der Waals surface area (Å²) in [5.41, 5.74) is 5.30. The zero-order valence-electron chi connectivity index (χ0n) is 15.1. The Kier molecular flexibility index (Phi) is 5.29. The molecule has 28 heavy (non-hydrogen) atoms. The fraction of sp³-hybridized carbons (Fsp3) is 0.0435. The van der Waals surface area contributed by atoms with Crippen LogP contribution in [0.1, 0.15) is 11.1 Å². The number of nitrogens with zero attached hydrogens (tertiary/aromatic N) is 2. The highest BCUT2D eigenvalue weighted by atomic mass is 35.5. The molecule has 0 amide bonds. The maximum Gasteiger partial charge on any atom is 0.227 e. The third-order valence-corrected chi connectivity index (χ3v) is 4.75. The van der Waals surface area contributed by atoms with Crippen LogP contribution in [-0.2, 0) is 0 Å². The van der Waals surface area contributed by atoms with E-state index in [1.165, 1.54) is 0 Å². The van der Waals surface area contributed by atoms with E-state index in [4.69, 9.17) is 27.6 Å². The Morgan fingerprint density at radius 3 is 2.54 bits per heavy atom. The molecular formula is C23H16Cl2N2O. The Morgan fingerprint density at radius 2 is 1.71 bits per heavy atom. The lowest BCUT2D eigenvalue weighted by Crippen LogP contribution is -1.81. The Bertz CT molecular complexity index is 1190. The summed E-state index contributed by atoms with van der Waals surface area (Å²) in [4.78, 5) is 9.09. The molecule has 1 aromatic heterocycles. The van der Waals surface area contributed by atoms with E-state index in [2.05, 4.69) is 9.98 Å². The number of aromatic nitrogens is 1. The molecule has 0 atom stereocenters. The number of hydrogen-bond donors (Lipinski definition) is 0. The van der Waals surface area contributed by atoms with Gasteiger partial charge in [0, 0.05) is 21.8 Å². The number of rotatable bonds is 4. The van der Waals surface area contributed by atoms with Gasteiger partial charge in [-0.25, -0.2) is 4.98 Å². The summed E-state index contributed by atoms with van der Waals surface area (Å²) in [7, 11) is 0. The maximum absolute atomic E-state index is 6.03. The van der Waals surface area contributed by atoms with Crippen LogP contribution in [-0.4, -0.2) is 11.2 Å². The Balaban J connectivity index is 1.58. The van der Waals surface area contributed by atoms with Gasteiger partial charge in [-0.1, -0.05) is 47.5 Å². The molecule has 5 heteroatoms. The highest BCUT2D eigenvalue weighted by Gasteiger charge is 2.10. The molecule has 0 saturated carbocycles. The first kappa shape index (κ1) is 18.5. The fourth-order valence-electron chi connectivity index (χ4n) is 2.76. The smallest absolute Gasteiger partial charge is 0.227 e. The van der Waals surface area contributed by atoms with E-state index in [0.29, 0.717) is 16.5 Å². The van der Waals surface area contributed by atoms with E-state index in [0.717, 1.165) is 32.9 Å². The topological polar surface area (TPSA) is 38.4 Å². The second-order valence-electron chi connectivity index (χ2n) is 6.32. The van der Waals surface area contributed by atoms with Crippen LogP contribution in [0, 0.1) is 6.92 Å². The molecule has 138 valence electrons. The Labute approximate surface area is 173 Å². The van der Waals surface area contributed by atoms with Crippen LogP contribution >= 0.6 is 23.2 Å². The van der Waals surface area contributed by atoms with Crippen LogP contribution in [0.5, 0.6) is 0 Å². The lowest BCUT2D eigenvalue weighted by atomic mass is 10.1. The summed E-state index contributed by atoms with van der Waals surface area (Å²) in [5, 5.41) is 1.36. The third-order valence-electron chi connectivity index (χ3n) is 4.26. The molecule has 0 spiro atoms. The van der Waals surface area contributed by atoms with Crippen molar-refractivity contribution in [3.8, 4) is 11.5 Å². The van der Waals surface area contributed by atoms with Crippen molar-refractivity contribution in [3.05, 3.63) is 87.9 Å². The second-order valence-corrected chi connectivity index (χ2v) is 7.19. The number of allylic oxidation sites excluding steroid dienone is 1. The van der Waals surface area contributed by atoms with Crippen molar-refractivity contribution in [2.75, 3.05) is 0 Å². The number of hydrogen-bond acceptors (Lipinski definition) is 3. The van der Waals surface area contributed by atoms with Crippen LogP contribution in [0.3, 0.4) is 0 Å². The van der Waals surface area contributed by atoms with E-state index in [1.54, 1.807) is 18.3 Å². The summed E-state index contributed by atoms with van der Waals surface area (Å²) in [6.07, 6.45) is 5.65. The van der Waals surface area contributed by atoms with Crippen LogP contribution in [0.15, 0.2) is 76.1 Å². The fourth-order valence-corrected chi connectivity index (χ4v) is 3.05. The zero-order valence-corrected chi connectivity index (χ0v) is 16.6. The predicted octanol–water partition coefficient (Wildman–Crippen LogP) is 7.53. The van der Waals surface area contributed by atoms with Crippen molar-refractivity contribution in [1.29, 1.82) is 0 Å². The lowest BCUT2D eigenvalue weighted by Gasteiger charge is -2.02. The average Bonchev–Trinajstić information content (AvgIpc) is 3.11. The molecule has 0 N–H and O–H groups in total. The van der Waals surface area contributed by atoms with Crippen molar-refractivity contribution in [3.63, 3.8) is 0 Å². The summed E-state index contributed by atoms with van der Waals surface area (Å²) >= 11 is 11.9. The van der Waals surface area contributed by atoms with Gasteiger partial charge in [-0.3, -0.25) is 4.99 Å². The van der Waals surface area contributed by atoms with Crippen LogP contribution in [0.25, 0.3) is 28.6 Å². The Hall–Kier alpha value is -2.88. The van der Waals surface area contributed by atoms with Crippen LogP contribution in [0.2, 0.25) is 10.0 Å². The largest absolute Gasteiger partial charge is 0.436 e. The molecule has 4 rings (SSSR count). The lowest BCUT2D eigenvalue weighted by molar-refractivity contribution is 0.620. The minimum absolute atomic E-state index is 0.547. The molecule has 0 aliphatic heterocycles. The number of benzene rings is 3. The van der Waals surface area contributed by atoms with E-state index >= 15 is 0 Å². The monoisotopic (exact) mass is 406 g/mol. The van der Waals surface area contributed by atoms with Gasteiger partial charge >= 0.3 is 0 Å². The van der Waals surface area contributed by atoms with Crippen molar-refractivity contribution in [2.24, 2.45) is 4.99 Å². The van der Waals surface area contributed by atoms with Gasteiger partial charge in [-0.15, -0.1) is 0 Å². The van der Waals surface area contributed by atoms with Gasteiger partial charge in [-0.2, -0.15) is 0 Å². The van der Waals surface area contributed by atoms with E-state index in [9.17, 15) is 0 Å². The average molecular weight is 407 g/mol. The van der Waals surface area contributed by atoms with Crippen molar-refractivity contribution in [2.45, 2.75) is 6.92 Å². The number of aliphatic imine (C=N–C) groups is 1. The van der Waals surface area contributed by atoms with Gasteiger partial charge in [0.25, 0.3) is 0 Å². The second kappa shape index (κ2) is 8.01. The third kappa shape index (κ3) is 4.16. The first-order chi connectivity index (χ1) is 13.6. The molecular weight excluding hydrogens is 391 g/mol. The summed E-state index contributed by atoms with van der Waals surface area (Å²) in [6.45, 7) is 2.02. The highest BCUT2D eigenvalue weighted by Crippen LogP contribution is 2.30. The molecule has 0 saturated heterocycles. The predicted molar refractivity (Wildman–Crippen MR) is 118 cm³/mol. The molecule has 0 aliphatic carbocycles. The van der Waals surface area contributed by atoms with Crippen LogP contribution in [0.4, 0.5) is 5.69 Å². The van der Waals surface area contributed by atoms with Gasteiger partial charge in [-0.05, 0) is 66.6 Å².